The molecule has 1 aromatic carbocycles. The fraction of sp³-hybridized carbons (Fsp3) is 0.167. The minimum absolute atomic E-state index is 0.136. The molecule has 1 aliphatic rings. The molecule has 2 aromatic rings. The summed E-state index contributed by atoms with van der Waals surface area (Å²) in [7, 11) is 0. The lowest BCUT2D eigenvalue weighted by Crippen LogP contribution is -1.94. The highest BCUT2D eigenvalue weighted by Crippen LogP contribution is 2.45. The molecular weight excluding hydrogens is 318 g/mol. The van der Waals surface area contributed by atoms with Gasteiger partial charge in [0.05, 0.1) is 4.47 Å². The number of ether oxygens (including phenoxy) is 2. The van der Waals surface area contributed by atoms with E-state index in [4.69, 9.17) is 19.1 Å². The van der Waals surface area contributed by atoms with E-state index < -0.39 is 5.97 Å². The first kappa shape index (κ1) is 12.0. The van der Waals surface area contributed by atoms with E-state index >= 15 is 0 Å². The first-order valence-electron chi connectivity index (χ1n) is 5.37. The lowest BCUT2D eigenvalue weighted by atomic mass is 10.0. The van der Waals surface area contributed by atoms with Crippen molar-refractivity contribution in [3.05, 3.63) is 27.9 Å². The van der Waals surface area contributed by atoms with Crippen LogP contribution in [0.25, 0.3) is 11.3 Å². The van der Waals surface area contributed by atoms with Crippen molar-refractivity contribution in [2.75, 3.05) is 6.79 Å². The third-order valence-electron chi connectivity index (χ3n) is 2.84. The number of carbonyl (C=O) groups is 1. The van der Waals surface area contributed by atoms with Gasteiger partial charge in [-0.1, -0.05) is 5.16 Å². The smallest absolute Gasteiger partial charge is 0.358 e. The van der Waals surface area contributed by atoms with E-state index in [2.05, 4.69) is 21.1 Å². The summed E-state index contributed by atoms with van der Waals surface area (Å²) in [6.45, 7) is 2.01. The third kappa shape index (κ3) is 1.86. The van der Waals surface area contributed by atoms with Gasteiger partial charge in [-0.3, -0.25) is 0 Å². The average molecular weight is 326 g/mol. The summed E-state index contributed by atoms with van der Waals surface area (Å²) in [6, 6.07) is 3.16. The number of aromatic carboxylic acids is 1. The summed E-state index contributed by atoms with van der Waals surface area (Å²) < 4.78 is 16.5. The molecule has 7 heteroatoms. The molecule has 0 amide bonds. The Kier molecular flexibility index (Phi) is 2.70. The Morgan fingerprint density at radius 3 is 2.79 bits per heavy atom. The molecule has 3 rings (SSSR count). The van der Waals surface area contributed by atoms with Gasteiger partial charge in [0.2, 0.25) is 6.79 Å². The van der Waals surface area contributed by atoms with E-state index in [1.807, 2.05) is 6.92 Å². The first-order valence-corrected chi connectivity index (χ1v) is 6.16. The minimum atomic E-state index is -1.13. The summed E-state index contributed by atoms with van der Waals surface area (Å²) in [4.78, 5) is 10.8. The molecule has 6 nitrogen and oxygen atoms in total. The monoisotopic (exact) mass is 325 g/mol. The zero-order valence-corrected chi connectivity index (χ0v) is 11.4. The van der Waals surface area contributed by atoms with Crippen LogP contribution in [0.2, 0.25) is 0 Å². The molecule has 0 atom stereocenters. The zero-order valence-electron chi connectivity index (χ0n) is 9.77. The van der Waals surface area contributed by atoms with Gasteiger partial charge in [0.1, 0.15) is 0 Å². The van der Waals surface area contributed by atoms with Crippen molar-refractivity contribution in [1.29, 1.82) is 0 Å². The van der Waals surface area contributed by atoms with Crippen LogP contribution in [-0.4, -0.2) is 23.0 Å². The topological polar surface area (TPSA) is 81.8 Å². The molecule has 1 aliphatic heterocycles. The van der Waals surface area contributed by atoms with Crippen molar-refractivity contribution < 1.29 is 23.9 Å². The summed E-state index contributed by atoms with van der Waals surface area (Å²) in [5.74, 6) is 0.498. The molecule has 0 saturated carbocycles. The highest BCUT2D eigenvalue weighted by molar-refractivity contribution is 9.10. The van der Waals surface area contributed by atoms with E-state index in [1.54, 1.807) is 6.07 Å². The number of benzene rings is 1. The summed E-state index contributed by atoms with van der Waals surface area (Å²) in [6.07, 6.45) is 0. The van der Waals surface area contributed by atoms with E-state index in [0.29, 0.717) is 27.3 Å². The predicted octanol–water partition coefficient (Wildman–Crippen LogP) is 2.84. The Morgan fingerprint density at radius 2 is 2.11 bits per heavy atom. The molecule has 0 saturated heterocycles. The van der Waals surface area contributed by atoms with Crippen molar-refractivity contribution in [3.8, 4) is 22.8 Å². The number of hydrogen-bond acceptors (Lipinski definition) is 5. The number of carboxylic acid groups (broad SMARTS) is 1. The van der Waals surface area contributed by atoms with E-state index in [0.717, 1.165) is 5.56 Å². The van der Waals surface area contributed by atoms with Gasteiger partial charge in [-0.25, -0.2) is 4.79 Å². The highest BCUT2D eigenvalue weighted by atomic mass is 79.9. The number of rotatable bonds is 2. The lowest BCUT2D eigenvalue weighted by Gasteiger charge is -2.07. The molecule has 0 radical (unpaired) electrons. The van der Waals surface area contributed by atoms with E-state index in [-0.39, 0.29) is 12.5 Å². The summed E-state index contributed by atoms with van der Waals surface area (Å²) >= 11 is 3.38. The second kappa shape index (κ2) is 4.27. The Balaban J connectivity index is 2.15. The van der Waals surface area contributed by atoms with Crippen LogP contribution in [0, 0.1) is 6.92 Å². The molecule has 1 aromatic heterocycles. The fourth-order valence-corrected chi connectivity index (χ4v) is 2.44. The van der Waals surface area contributed by atoms with Gasteiger partial charge in [0.25, 0.3) is 0 Å². The van der Waals surface area contributed by atoms with Gasteiger partial charge < -0.3 is 19.1 Å². The van der Waals surface area contributed by atoms with Crippen LogP contribution >= 0.6 is 15.9 Å². The van der Waals surface area contributed by atoms with Crippen LogP contribution in [0.5, 0.6) is 11.5 Å². The maximum atomic E-state index is 10.8. The van der Waals surface area contributed by atoms with Crippen LogP contribution in [0.1, 0.15) is 16.1 Å². The standard InChI is InChI=1S/C12H8BrNO5/c1-5-6(9-3-8(12(15)16)14-19-9)2-7(13)11-10(5)17-4-18-11/h2-3H,4H2,1H3,(H,15,16). The average Bonchev–Trinajstić information content (AvgIpc) is 3.01. The van der Waals surface area contributed by atoms with Crippen molar-refractivity contribution >= 4 is 21.9 Å². The number of carboxylic acids is 1. The molecule has 1 N–H and O–H groups in total. The molecule has 98 valence electrons. The number of halogens is 1. The molecule has 0 spiro atoms. The number of nitrogens with zero attached hydrogens (tertiary/aromatic N) is 1. The molecule has 0 bridgehead atoms. The first-order chi connectivity index (χ1) is 9.08. The van der Waals surface area contributed by atoms with Crippen molar-refractivity contribution in [2.24, 2.45) is 0 Å². The SMILES string of the molecule is Cc1c(-c2cc(C(=O)O)no2)cc(Br)c2c1OCO2. The van der Waals surface area contributed by atoms with Gasteiger partial charge in [-0.05, 0) is 28.9 Å². The molecule has 0 fully saturated rings. The van der Waals surface area contributed by atoms with Crippen LogP contribution in [0.3, 0.4) is 0 Å². The van der Waals surface area contributed by atoms with Crippen LogP contribution in [0.15, 0.2) is 21.1 Å². The number of hydrogen-bond donors (Lipinski definition) is 1. The van der Waals surface area contributed by atoms with Gasteiger partial charge >= 0.3 is 5.97 Å². The Hall–Kier alpha value is -2.02. The van der Waals surface area contributed by atoms with Gasteiger partial charge in [-0.2, -0.15) is 0 Å². The third-order valence-corrected chi connectivity index (χ3v) is 3.43. The maximum Gasteiger partial charge on any atom is 0.358 e. The highest BCUT2D eigenvalue weighted by Gasteiger charge is 2.24. The quantitative estimate of drug-likeness (QED) is 0.914. The molecule has 0 aliphatic carbocycles. The summed E-state index contributed by atoms with van der Waals surface area (Å²) in [5.41, 5.74) is 1.38. The minimum Gasteiger partial charge on any atom is -0.476 e. The number of fused-ring (bicyclic) bond motifs is 1. The van der Waals surface area contributed by atoms with Crippen LogP contribution in [0.4, 0.5) is 0 Å². The largest absolute Gasteiger partial charge is 0.476 e. The van der Waals surface area contributed by atoms with Gasteiger partial charge in [-0.15, -0.1) is 0 Å². The van der Waals surface area contributed by atoms with Crippen LogP contribution < -0.4 is 9.47 Å². The lowest BCUT2D eigenvalue weighted by molar-refractivity contribution is 0.0686. The van der Waals surface area contributed by atoms with Crippen molar-refractivity contribution in [1.82, 2.24) is 5.16 Å². The van der Waals surface area contributed by atoms with E-state index in [9.17, 15) is 4.79 Å². The normalized spacial score (nSPS) is 12.7. The second-order valence-corrected chi connectivity index (χ2v) is 4.83. The Bertz CT molecular complexity index is 679. The zero-order chi connectivity index (χ0) is 13.6. The fourth-order valence-electron chi connectivity index (χ4n) is 1.92. The Morgan fingerprint density at radius 1 is 1.37 bits per heavy atom. The predicted molar refractivity (Wildman–Crippen MR) is 67.5 cm³/mol. The van der Waals surface area contributed by atoms with Gasteiger partial charge in [0.15, 0.2) is 23.0 Å². The van der Waals surface area contributed by atoms with Crippen molar-refractivity contribution in [2.45, 2.75) is 6.92 Å². The molecule has 19 heavy (non-hydrogen) atoms. The summed E-state index contributed by atoms with van der Waals surface area (Å²) in [5, 5.41) is 12.3. The number of aromatic nitrogens is 1. The molecule has 0 unspecified atom stereocenters. The van der Waals surface area contributed by atoms with E-state index in [1.165, 1.54) is 6.07 Å². The second-order valence-electron chi connectivity index (χ2n) is 3.98. The van der Waals surface area contributed by atoms with Gasteiger partial charge in [0, 0.05) is 17.2 Å². The Labute approximate surface area is 116 Å². The molecule has 2 heterocycles. The van der Waals surface area contributed by atoms with Crippen molar-refractivity contribution in [3.63, 3.8) is 0 Å². The van der Waals surface area contributed by atoms with Crippen LogP contribution in [-0.2, 0) is 0 Å². The molecular formula is C12H8BrNO5. The maximum absolute atomic E-state index is 10.8.